The Kier molecular flexibility index (Phi) is 5.24. The molecule has 0 saturated carbocycles. The molecule has 2 aromatic rings. The topological polar surface area (TPSA) is 110 Å². The number of benzene rings is 2. The van der Waals surface area contributed by atoms with Crippen molar-refractivity contribution in [3.05, 3.63) is 64.2 Å². The first-order valence-electron chi connectivity index (χ1n) is 8.43. The van der Waals surface area contributed by atoms with Crippen molar-refractivity contribution in [1.82, 2.24) is 4.31 Å². The van der Waals surface area contributed by atoms with Crippen molar-refractivity contribution in [3.8, 4) is 0 Å². The molecule has 1 aliphatic heterocycles. The first-order chi connectivity index (χ1) is 12.8. The van der Waals surface area contributed by atoms with Crippen LogP contribution in [-0.2, 0) is 14.8 Å². The van der Waals surface area contributed by atoms with E-state index in [9.17, 15) is 23.3 Å². The van der Waals surface area contributed by atoms with E-state index in [0.29, 0.717) is 12.8 Å². The van der Waals surface area contributed by atoms with Crippen LogP contribution in [0.25, 0.3) is 0 Å². The van der Waals surface area contributed by atoms with Gasteiger partial charge in [0.2, 0.25) is 15.9 Å². The predicted octanol–water partition coefficient (Wildman–Crippen LogP) is 2.70. The maximum atomic E-state index is 12.9. The molecule has 0 aromatic heterocycles. The molecule has 0 radical (unpaired) electrons. The highest BCUT2D eigenvalue weighted by Gasteiger charge is 2.39. The van der Waals surface area contributed by atoms with Gasteiger partial charge in [-0.1, -0.05) is 23.8 Å². The Morgan fingerprint density at radius 3 is 2.59 bits per heavy atom. The van der Waals surface area contributed by atoms with Crippen LogP contribution in [0.15, 0.2) is 53.4 Å². The third-order valence-corrected chi connectivity index (χ3v) is 6.38. The Labute approximate surface area is 157 Å². The lowest BCUT2D eigenvalue weighted by molar-refractivity contribution is -0.384. The number of rotatable bonds is 5. The lowest BCUT2D eigenvalue weighted by atomic mass is 10.2. The molecule has 3 rings (SSSR count). The highest BCUT2D eigenvalue weighted by atomic mass is 32.2. The minimum absolute atomic E-state index is 0.142. The molecule has 1 fully saturated rings. The Balaban J connectivity index is 1.81. The summed E-state index contributed by atoms with van der Waals surface area (Å²) in [4.78, 5) is 23.1. The van der Waals surface area contributed by atoms with Gasteiger partial charge in [-0.05, 0) is 38.0 Å². The van der Waals surface area contributed by atoms with E-state index in [-0.39, 0.29) is 22.8 Å². The molecule has 1 saturated heterocycles. The van der Waals surface area contributed by atoms with Gasteiger partial charge < -0.3 is 5.32 Å². The molecular weight excluding hydrogens is 370 g/mol. The Bertz CT molecular complexity index is 973. The molecule has 8 nitrogen and oxygen atoms in total. The fourth-order valence-corrected chi connectivity index (χ4v) is 4.71. The highest BCUT2D eigenvalue weighted by Crippen LogP contribution is 2.27. The van der Waals surface area contributed by atoms with Crippen LogP contribution >= 0.6 is 0 Å². The van der Waals surface area contributed by atoms with E-state index >= 15 is 0 Å². The normalized spacial score (nSPS) is 17.6. The molecule has 1 atom stereocenters. The number of carbonyl (C=O) groups is 1. The quantitative estimate of drug-likeness (QED) is 0.624. The molecule has 2 aromatic carbocycles. The standard InChI is InChI=1S/C18H19N3O5S/c1-13-7-9-16(10-8-13)27(25,26)20-11-3-6-17(20)18(22)19-14-4-2-5-15(12-14)21(23)24/h2,4-5,7-10,12,17H,3,6,11H2,1H3,(H,19,22). The van der Waals surface area contributed by atoms with Crippen LogP contribution in [0, 0.1) is 17.0 Å². The van der Waals surface area contributed by atoms with Gasteiger partial charge in [0, 0.05) is 24.4 Å². The van der Waals surface area contributed by atoms with Crippen LogP contribution in [0.4, 0.5) is 11.4 Å². The van der Waals surface area contributed by atoms with Gasteiger partial charge in [0.1, 0.15) is 6.04 Å². The number of nitro benzene ring substituents is 1. The fourth-order valence-electron chi connectivity index (χ4n) is 3.06. The zero-order valence-electron chi connectivity index (χ0n) is 14.7. The number of hydrogen-bond acceptors (Lipinski definition) is 5. The zero-order valence-corrected chi connectivity index (χ0v) is 15.5. The number of nitrogens with one attached hydrogen (secondary N) is 1. The first-order valence-corrected chi connectivity index (χ1v) is 9.87. The Morgan fingerprint density at radius 1 is 1.22 bits per heavy atom. The summed E-state index contributed by atoms with van der Waals surface area (Å²) in [5.41, 5.74) is 1.05. The van der Waals surface area contributed by atoms with E-state index < -0.39 is 26.9 Å². The van der Waals surface area contributed by atoms with Gasteiger partial charge in [-0.25, -0.2) is 8.42 Å². The maximum Gasteiger partial charge on any atom is 0.271 e. The Morgan fingerprint density at radius 2 is 1.93 bits per heavy atom. The molecule has 0 spiro atoms. The number of carbonyl (C=O) groups excluding carboxylic acids is 1. The minimum atomic E-state index is -3.80. The minimum Gasteiger partial charge on any atom is -0.324 e. The van der Waals surface area contributed by atoms with Crippen molar-refractivity contribution >= 4 is 27.3 Å². The van der Waals surface area contributed by atoms with Crippen LogP contribution < -0.4 is 5.32 Å². The third-order valence-electron chi connectivity index (χ3n) is 4.46. The van der Waals surface area contributed by atoms with Crippen molar-refractivity contribution in [3.63, 3.8) is 0 Å². The SMILES string of the molecule is Cc1ccc(S(=O)(=O)N2CCCC2C(=O)Nc2cccc([N+](=O)[O-])c2)cc1. The van der Waals surface area contributed by atoms with Crippen LogP contribution in [-0.4, -0.2) is 36.1 Å². The van der Waals surface area contributed by atoms with Crippen molar-refractivity contribution in [1.29, 1.82) is 0 Å². The smallest absolute Gasteiger partial charge is 0.271 e. The molecule has 0 bridgehead atoms. The third kappa shape index (κ3) is 3.99. The van der Waals surface area contributed by atoms with E-state index in [2.05, 4.69) is 5.32 Å². The van der Waals surface area contributed by atoms with Crippen molar-refractivity contribution in [2.45, 2.75) is 30.7 Å². The fraction of sp³-hybridized carbons (Fsp3) is 0.278. The average molecular weight is 389 g/mol. The second-order valence-corrected chi connectivity index (χ2v) is 8.27. The van der Waals surface area contributed by atoms with Crippen molar-refractivity contribution in [2.24, 2.45) is 0 Å². The monoisotopic (exact) mass is 389 g/mol. The summed E-state index contributed by atoms with van der Waals surface area (Å²) in [6.07, 6.45) is 0.962. The van der Waals surface area contributed by atoms with Gasteiger partial charge in [0.15, 0.2) is 0 Å². The lowest BCUT2D eigenvalue weighted by Gasteiger charge is -2.23. The lowest BCUT2D eigenvalue weighted by Crippen LogP contribution is -2.43. The molecule has 9 heteroatoms. The summed E-state index contributed by atoms with van der Waals surface area (Å²) in [7, 11) is -3.80. The number of hydrogen-bond donors (Lipinski definition) is 1. The molecule has 1 aliphatic rings. The molecular formula is C18H19N3O5S. The number of anilines is 1. The summed E-state index contributed by atoms with van der Waals surface area (Å²) in [6, 6.07) is 11.2. The number of aryl methyl sites for hydroxylation is 1. The number of amides is 1. The first kappa shape index (κ1) is 19.0. The number of nitro groups is 1. The van der Waals surface area contributed by atoms with Crippen LogP contribution in [0.3, 0.4) is 0 Å². The highest BCUT2D eigenvalue weighted by molar-refractivity contribution is 7.89. The Hall–Kier alpha value is -2.78. The van der Waals surface area contributed by atoms with Crippen LogP contribution in [0.1, 0.15) is 18.4 Å². The van der Waals surface area contributed by atoms with Crippen molar-refractivity contribution in [2.75, 3.05) is 11.9 Å². The summed E-state index contributed by atoms with van der Waals surface area (Å²) in [5.74, 6) is -0.497. The second-order valence-electron chi connectivity index (χ2n) is 6.38. The summed E-state index contributed by atoms with van der Waals surface area (Å²) in [5, 5.41) is 13.5. The van der Waals surface area contributed by atoms with Gasteiger partial charge in [-0.15, -0.1) is 0 Å². The van der Waals surface area contributed by atoms with Gasteiger partial charge in [0.25, 0.3) is 5.69 Å². The summed E-state index contributed by atoms with van der Waals surface area (Å²) < 4.78 is 27.0. The predicted molar refractivity (Wildman–Crippen MR) is 99.8 cm³/mol. The number of sulfonamides is 1. The molecule has 142 valence electrons. The van der Waals surface area contributed by atoms with E-state index in [1.165, 1.54) is 40.7 Å². The number of non-ortho nitro benzene ring substituents is 1. The molecule has 1 N–H and O–H groups in total. The van der Waals surface area contributed by atoms with Gasteiger partial charge in [-0.2, -0.15) is 4.31 Å². The van der Waals surface area contributed by atoms with E-state index in [1.54, 1.807) is 12.1 Å². The van der Waals surface area contributed by atoms with E-state index in [4.69, 9.17) is 0 Å². The van der Waals surface area contributed by atoms with E-state index in [1.807, 2.05) is 6.92 Å². The van der Waals surface area contributed by atoms with Crippen LogP contribution in [0.5, 0.6) is 0 Å². The molecule has 27 heavy (non-hydrogen) atoms. The summed E-state index contributed by atoms with van der Waals surface area (Å²) >= 11 is 0. The molecule has 0 aliphatic carbocycles. The zero-order chi connectivity index (χ0) is 19.6. The average Bonchev–Trinajstić information content (AvgIpc) is 3.13. The molecule has 1 heterocycles. The van der Waals surface area contributed by atoms with Gasteiger partial charge in [0.05, 0.1) is 9.82 Å². The van der Waals surface area contributed by atoms with Gasteiger partial charge >= 0.3 is 0 Å². The molecule has 1 amide bonds. The van der Waals surface area contributed by atoms with E-state index in [0.717, 1.165) is 5.56 Å². The largest absolute Gasteiger partial charge is 0.324 e. The van der Waals surface area contributed by atoms with Gasteiger partial charge in [-0.3, -0.25) is 14.9 Å². The molecule has 1 unspecified atom stereocenters. The maximum absolute atomic E-state index is 12.9. The summed E-state index contributed by atoms with van der Waals surface area (Å²) in [6.45, 7) is 2.12. The van der Waals surface area contributed by atoms with Crippen LogP contribution in [0.2, 0.25) is 0 Å². The number of nitrogens with zero attached hydrogens (tertiary/aromatic N) is 2. The van der Waals surface area contributed by atoms with Crippen molar-refractivity contribution < 1.29 is 18.1 Å². The second kappa shape index (κ2) is 7.45.